The number of para-hydroxylation sites is 1. The van der Waals surface area contributed by atoms with E-state index in [0.717, 1.165) is 44.0 Å². The van der Waals surface area contributed by atoms with Gasteiger partial charge in [0.1, 0.15) is 5.52 Å². The van der Waals surface area contributed by atoms with Gasteiger partial charge in [0.15, 0.2) is 29.4 Å². The highest BCUT2D eigenvalue weighted by molar-refractivity contribution is 5.81. The number of aromatic nitrogens is 1. The number of nitrogens with one attached hydrogen (secondary N) is 1. The predicted octanol–water partition coefficient (Wildman–Crippen LogP) is 3.78. The van der Waals surface area contributed by atoms with Crippen molar-refractivity contribution in [3.8, 4) is 17.2 Å². The number of oxazole rings is 1. The third kappa shape index (κ3) is 5.67. The van der Waals surface area contributed by atoms with Crippen molar-refractivity contribution in [2.45, 2.75) is 32.4 Å². The number of fused-ring (bicyclic) bond motifs is 1. The second-order valence-electron chi connectivity index (χ2n) is 7.92. The molecule has 0 unspecified atom stereocenters. The van der Waals surface area contributed by atoms with Crippen LogP contribution in [0.4, 0.5) is 6.01 Å². The third-order valence-corrected chi connectivity index (χ3v) is 5.58. The summed E-state index contributed by atoms with van der Waals surface area (Å²) in [7, 11) is 1.65. The Kier molecular flexibility index (Phi) is 7.19. The van der Waals surface area contributed by atoms with Crippen molar-refractivity contribution in [1.29, 1.82) is 0 Å². The van der Waals surface area contributed by atoms with Gasteiger partial charge in [0, 0.05) is 25.7 Å². The minimum atomic E-state index is -1.04. The zero-order valence-electron chi connectivity index (χ0n) is 18.9. The molecule has 3 aromatic rings. The van der Waals surface area contributed by atoms with E-state index >= 15 is 0 Å². The third-order valence-electron chi connectivity index (χ3n) is 5.58. The number of carboxylic acids is 1. The number of likely N-dealkylation sites (tertiary alicyclic amines) is 1. The number of methoxy groups -OCH3 is 1. The van der Waals surface area contributed by atoms with E-state index in [-0.39, 0.29) is 6.04 Å². The molecule has 33 heavy (non-hydrogen) atoms. The zero-order chi connectivity index (χ0) is 23.2. The predicted molar refractivity (Wildman–Crippen MR) is 123 cm³/mol. The summed E-state index contributed by atoms with van der Waals surface area (Å²) in [6, 6.07) is 12.0. The standard InChI is InChI=1S/C24H29N3O6/c1-3-31-21-13-16(7-8-19(21)30-2)14-27-11-9-17(10-12-27)25-24-26-18-5-4-6-20(23(18)33-24)32-15-22(28)29/h4-8,13,17H,3,9-12,14-15H2,1-2H3,(H,25,26)(H,28,29). The number of nitrogens with zero attached hydrogens (tertiary/aromatic N) is 2. The number of carbonyl (C=O) groups is 1. The second kappa shape index (κ2) is 10.4. The van der Waals surface area contributed by atoms with E-state index in [1.54, 1.807) is 19.2 Å². The smallest absolute Gasteiger partial charge is 0.341 e. The van der Waals surface area contributed by atoms with Crippen molar-refractivity contribution in [2.24, 2.45) is 0 Å². The van der Waals surface area contributed by atoms with Crippen molar-refractivity contribution in [3.63, 3.8) is 0 Å². The van der Waals surface area contributed by atoms with Gasteiger partial charge >= 0.3 is 5.97 Å². The maximum absolute atomic E-state index is 10.8. The van der Waals surface area contributed by atoms with Gasteiger partial charge in [-0.3, -0.25) is 4.90 Å². The summed E-state index contributed by atoms with van der Waals surface area (Å²) in [6.45, 7) is 4.87. The van der Waals surface area contributed by atoms with Crippen LogP contribution in [0.3, 0.4) is 0 Å². The van der Waals surface area contributed by atoms with Crippen molar-refractivity contribution in [1.82, 2.24) is 9.88 Å². The van der Waals surface area contributed by atoms with Gasteiger partial charge in [0.25, 0.3) is 6.01 Å². The number of rotatable bonds is 10. The van der Waals surface area contributed by atoms with Crippen LogP contribution >= 0.6 is 0 Å². The maximum atomic E-state index is 10.8. The highest BCUT2D eigenvalue weighted by atomic mass is 16.5. The molecule has 176 valence electrons. The lowest BCUT2D eigenvalue weighted by Gasteiger charge is -2.32. The van der Waals surface area contributed by atoms with Gasteiger partial charge in [-0.05, 0) is 49.6 Å². The van der Waals surface area contributed by atoms with Crippen LogP contribution in [-0.4, -0.2) is 60.4 Å². The number of carboxylic acid groups (broad SMARTS) is 1. The Labute approximate surface area is 192 Å². The van der Waals surface area contributed by atoms with Crippen LogP contribution in [0, 0.1) is 0 Å². The number of benzene rings is 2. The molecular formula is C24H29N3O6. The quantitative estimate of drug-likeness (QED) is 0.472. The topological polar surface area (TPSA) is 106 Å². The Morgan fingerprint density at radius 3 is 2.73 bits per heavy atom. The molecule has 0 aliphatic carbocycles. The lowest BCUT2D eigenvalue weighted by atomic mass is 10.0. The van der Waals surface area contributed by atoms with E-state index < -0.39 is 12.6 Å². The molecule has 2 N–H and O–H groups in total. The summed E-state index contributed by atoms with van der Waals surface area (Å²) in [5, 5.41) is 12.2. The van der Waals surface area contributed by atoms with Crippen LogP contribution in [0.15, 0.2) is 40.8 Å². The maximum Gasteiger partial charge on any atom is 0.341 e. The number of hydrogen-bond donors (Lipinski definition) is 2. The van der Waals surface area contributed by atoms with Gasteiger partial charge in [-0.1, -0.05) is 12.1 Å². The molecule has 0 radical (unpaired) electrons. The molecule has 1 saturated heterocycles. The molecule has 1 aliphatic heterocycles. The monoisotopic (exact) mass is 455 g/mol. The van der Waals surface area contributed by atoms with E-state index in [1.165, 1.54) is 5.56 Å². The molecule has 0 atom stereocenters. The Bertz CT molecular complexity index is 1090. The van der Waals surface area contributed by atoms with Crippen LogP contribution in [0.1, 0.15) is 25.3 Å². The first-order valence-electron chi connectivity index (χ1n) is 11.1. The van der Waals surface area contributed by atoms with Crippen molar-refractivity contribution in [3.05, 3.63) is 42.0 Å². The van der Waals surface area contributed by atoms with Crippen molar-refractivity contribution < 1.29 is 28.5 Å². The molecule has 4 rings (SSSR count). The molecule has 9 nitrogen and oxygen atoms in total. The zero-order valence-corrected chi connectivity index (χ0v) is 18.9. The van der Waals surface area contributed by atoms with Gasteiger partial charge in [-0.15, -0.1) is 0 Å². The molecule has 0 amide bonds. The van der Waals surface area contributed by atoms with Crippen molar-refractivity contribution >= 4 is 23.1 Å². The average molecular weight is 456 g/mol. The highest BCUT2D eigenvalue weighted by Gasteiger charge is 2.22. The number of piperidine rings is 1. The largest absolute Gasteiger partial charge is 0.493 e. The Balaban J connectivity index is 1.33. The first-order valence-corrected chi connectivity index (χ1v) is 11.1. The number of anilines is 1. The van der Waals surface area contributed by atoms with E-state index in [1.807, 2.05) is 19.1 Å². The molecule has 9 heteroatoms. The first-order chi connectivity index (χ1) is 16.1. The van der Waals surface area contributed by atoms with Gasteiger partial charge in [0.05, 0.1) is 13.7 Å². The van der Waals surface area contributed by atoms with Crippen LogP contribution in [-0.2, 0) is 11.3 Å². The molecule has 1 fully saturated rings. The average Bonchev–Trinajstić information content (AvgIpc) is 3.22. The van der Waals surface area contributed by atoms with Crippen LogP contribution in [0.5, 0.6) is 17.2 Å². The molecule has 1 aliphatic rings. The minimum Gasteiger partial charge on any atom is -0.493 e. The highest BCUT2D eigenvalue weighted by Crippen LogP contribution is 2.30. The molecule has 2 heterocycles. The van der Waals surface area contributed by atoms with Crippen LogP contribution in [0.2, 0.25) is 0 Å². The summed E-state index contributed by atoms with van der Waals surface area (Å²) in [5.41, 5.74) is 2.27. The van der Waals surface area contributed by atoms with Crippen LogP contribution < -0.4 is 19.5 Å². The molecule has 0 spiro atoms. The molecule has 0 bridgehead atoms. The van der Waals surface area contributed by atoms with Gasteiger partial charge < -0.3 is 29.1 Å². The van der Waals surface area contributed by atoms with E-state index in [9.17, 15) is 4.79 Å². The normalized spacial score (nSPS) is 14.8. The summed E-state index contributed by atoms with van der Waals surface area (Å²) in [5.74, 6) is 0.853. The first kappa shape index (κ1) is 22.7. The van der Waals surface area contributed by atoms with E-state index in [2.05, 4.69) is 27.3 Å². The van der Waals surface area contributed by atoms with Gasteiger partial charge in [0.2, 0.25) is 0 Å². The van der Waals surface area contributed by atoms with Gasteiger partial charge in [-0.2, -0.15) is 4.98 Å². The lowest BCUT2D eigenvalue weighted by Crippen LogP contribution is -2.38. The Morgan fingerprint density at radius 1 is 1.18 bits per heavy atom. The van der Waals surface area contributed by atoms with Gasteiger partial charge in [-0.25, -0.2) is 4.79 Å². The van der Waals surface area contributed by atoms with E-state index in [0.29, 0.717) is 29.5 Å². The van der Waals surface area contributed by atoms with E-state index in [4.69, 9.17) is 23.7 Å². The molecule has 0 saturated carbocycles. The Morgan fingerprint density at radius 2 is 2.00 bits per heavy atom. The molecular weight excluding hydrogens is 426 g/mol. The minimum absolute atomic E-state index is 0.243. The SMILES string of the molecule is CCOc1cc(CN2CCC(Nc3nc4cccc(OCC(=O)O)c4o3)CC2)ccc1OC. The summed E-state index contributed by atoms with van der Waals surface area (Å²) < 4.78 is 22.2. The fourth-order valence-corrected chi connectivity index (χ4v) is 3.99. The number of ether oxygens (including phenoxy) is 3. The molecule has 1 aromatic heterocycles. The van der Waals surface area contributed by atoms with Crippen LogP contribution in [0.25, 0.3) is 11.1 Å². The summed E-state index contributed by atoms with van der Waals surface area (Å²) in [4.78, 5) is 17.7. The summed E-state index contributed by atoms with van der Waals surface area (Å²) in [6.07, 6.45) is 1.91. The second-order valence-corrected chi connectivity index (χ2v) is 7.92. The fraction of sp³-hybridized carbons (Fsp3) is 0.417. The number of aliphatic carboxylic acids is 1. The fourth-order valence-electron chi connectivity index (χ4n) is 3.99. The number of hydrogen-bond acceptors (Lipinski definition) is 8. The molecule has 2 aromatic carbocycles. The Hall–Kier alpha value is -3.46. The van der Waals surface area contributed by atoms with Crippen molar-refractivity contribution in [2.75, 3.05) is 38.7 Å². The lowest BCUT2D eigenvalue weighted by molar-refractivity contribution is -0.139. The summed E-state index contributed by atoms with van der Waals surface area (Å²) >= 11 is 0.